The van der Waals surface area contributed by atoms with Crippen LogP contribution in [-0.4, -0.2) is 6.61 Å². The van der Waals surface area contributed by atoms with Crippen molar-refractivity contribution in [3.05, 3.63) is 0 Å². The monoisotopic (exact) mass is 155 g/mol. The van der Waals surface area contributed by atoms with Crippen LogP contribution in [-0.2, 0) is 35.0 Å². The first kappa shape index (κ1) is 7.42. The van der Waals surface area contributed by atoms with E-state index < -0.39 is 7.81 Å². The zero-order chi connectivity index (χ0) is 5.70. The molecule has 42 valence electrons. The number of rotatable bonds is 2. The summed E-state index contributed by atoms with van der Waals surface area (Å²) in [6.07, 6.45) is 0. The van der Waals surface area contributed by atoms with Crippen molar-refractivity contribution >= 4 is 30.2 Å². The molecule has 0 aliphatic heterocycles. The summed E-state index contributed by atoms with van der Waals surface area (Å²) in [5.41, 5.74) is 0. The lowest BCUT2D eigenvalue weighted by Gasteiger charge is -1.78. The second kappa shape index (κ2) is 4.58. The third kappa shape index (κ3) is 6.42. The van der Waals surface area contributed by atoms with Crippen LogP contribution in [0.1, 0.15) is 6.92 Å². The molecule has 0 N–H and O–H groups in total. The van der Waals surface area contributed by atoms with Crippen LogP contribution in [0, 0.1) is 0 Å². The van der Waals surface area contributed by atoms with E-state index in [-0.39, 0.29) is 0 Å². The standard InChI is InChI=1S/C2H5NOS3/c1-2-4-3-7(5)6/h2H2,1H3. The lowest BCUT2D eigenvalue weighted by atomic mass is 10.9. The van der Waals surface area contributed by atoms with Gasteiger partial charge in [0.1, 0.15) is 0 Å². The average molecular weight is 155 g/mol. The van der Waals surface area contributed by atoms with Gasteiger partial charge in [0.2, 0.25) is 0 Å². The predicted octanol–water partition coefficient (Wildman–Crippen LogP) is 0.664. The van der Waals surface area contributed by atoms with Gasteiger partial charge in [-0.2, -0.15) is 0 Å². The predicted molar refractivity (Wildman–Crippen MR) is 36.1 cm³/mol. The fraction of sp³-hybridized carbons (Fsp3) is 1.00. The Kier molecular flexibility index (Phi) is 4.85. The fourth-order valence-corrected chi connectivity index (χ4v) is 0.545. The fourth-order valence-electron chi connectivity index (χ4n) is 0.0957. The van der Waals surface area contributed by atoms with E-state index in [0.29, 0.717) is 6.61 Å². The molecular formula is C2H5NOS3. The maximum Gasteiger partial charge on any atom is 0.0753 e. The van der Waals surface area contributed by atoms with Gasteiger partial charge in [0.15, 0.2) is 0 Å². The van der Waals surface area contributed by atoms with Gasteiger partial charge in [0, 0.05) is 22.4 Å². The van der Waals surface area contributed by atoms with E-state index in [1.54, 1.807) is 0 Å². The van der Waals surface area contributed by atoms with Crippen molar-refractivity contribution in [3.63, 3.8) is 0 Å². The second-order valence-electron chi connectivity index (χ2n) is 0.709. The summed E-state index contributed by atoms with van der Waals surface area (Å²) in [7, 11) is -0.746. The van der Waals surface area contributed by atoms with Crippen molar-refractivity contribution in [3.8, 4) is 0 Å². The van der Waals surface area contributed by atoms with Gasteiger partial charge < -0.3 is 0 Å². The van der Waals surface area contributed by atoms with Crippen LogP contribution in [0.3, 0.4) is 0 Å². The van der Waals surface area contributed by atoms with Gasteiger partial charge >= 0.3 is 0 Å². The third-order valence-corrected chi connectivity index (χ3v) is 0.835. The molecule has 5 heteroatoms. The summed E-state index contributed by atoms with van der Waals surface area (Å²) in [4.78, 5) is 4.52. The van der Waals surface area contributed by atoms with Gasteiger partial charge in [-0.1, -0.05) is 4.53 Å². The summed E-state index contributed by atoms with van der Waals surface area (Å²) < 4.78 is 3.40. The molecule has 0 aromatic rings. The van der Waals surface area contributed by atoms with Crippen molar-refractivity contribution in [1.82, 2.24) is 0 Å². The minimum atomic E-state index is -0.746. The lowest BCUT2D eigenvalue weighted by Crippen LogP contribution is -1.74. The molecule has 7 heavy (non-hydrogen) atoms. The summed E-state index contributed by atoms with van der Waals surface area (Å²) >= 11 is 8.99. The summed E-state index contributed by atoms with van der Waals surface area (Å²) in [6, 6.07) is 0. The quantitative estimate of drug-likeness (QED) is 0.547. The highest BCUT2D eigenvalue weighted by atomic mass is 33.1. The van der Waals surface area contributed by atoms with Gasteiger partial charge in [0.05, 0.1) is 14.4 Å². The molecule has 0 rings (SSSR count). The van der Waals surface area contributed by atoms with E-state index in [0.717, 1.165) is 0 Å². The molecule has 0 fully saturated rings. The van der Waals surface area contributed by atoms with Crippen LogP contribution in [0.5, 0.6) is 0 Å². The van der Waals surface area contributed by atoms with Gasteiger partial charge in [-0.15, -0.1) is 0 Å². The van der Waals surface area contributed by atoms with Gasteiger partial charge in [-0.3, -0.25) is 0 Å². The van der Waals surface area contributed by atoms with Crippen LogP contribution in [0.25, 0.3) is 0 Å². The smallest absolute Gasteiger partial charge is 0.0753 e. The molecule has 2 nitrogen and oxygen atoms in total. The van der Waals surface area contributed by atoms with E-state index in [1.165, 1.54) is 0 Å². The van der Waals surface area contributed by atoms with Crippen LogP contribution in [0.4, 0.5) is 0 Å². The molecule has 0 amide bonds. The van der Waals surface area contributed by atoms with Crippen molar-refractivity contribution in [2.45, 2.75) is 6.92 Å². The second-order valence-corrected chi connectivity index (χ2v) is 3.82. The Bertz CT molecular complexity index is 138. The SMILES string of the molecule is CCON=S(=S)=S. The molecule has 0 aliphatic rings. The first-order chi connectivity index (χ1) is 3.27. The topological polar surface area (TPSA) is 21.6 Å². The summed E-state index contributed by atoms with van der Waals surface area (Å²) in [5, 5.41) is 0. The molecule has 0 aromatic carbocycles. The summed E-state index contributed by atoms with van der Waals surface area (Å²) in [6.45, 7) is 2.39. The van der Waals surface area contributed by atoms with Crippen molar-refractivity contribution in [2.75, 3.05) is 6.61 Å². The molecule has 0 saturated heterocycles. The molecule has 0 spiro atoms. The molecule has 0 saturated carbocycles. The molecular weight excluding hydrogens is 150 g/mol. The zero-order valence-electron chi connectivity index (χ0n) is 3.79. The van der Waals surface area contributed by atoms with E-state index in [1.807, 2.05) is 6.92 Å². The molecule has 0 radical (unpaired) electrons. The molecule has 0 aromatic heterocycles. The van der Waals surface area contributed by atoms with Crippen molar-refractivity contribution < 1.29 is 4.84 Å². The Labute approximate surface area is 53.4 Å². The lowest BCUT2D eigenvalue weighted by molar-refractivity contribution is 0.166. The van der Waals surface area contributed by atoms with E-state index in [9.17, 15) is 0 Å². The minimum Gasteiger partial charge on any atom is -0.242 e. The Hall–Kier alpha value is 0.420. The summed E-state index contributed by atoms with van der Waals surface area (Å²) in [5.74, 6) is 0. The van der Waals surface area contributed by atoms with E-state index in [2.05, 4.69) is 31.7 Å². The Balaban J connectivity index is 3.49. The Morgan fingerprint density at radius 2 is 2.29 bits per heavy atom. The van der Waals surface area contributed by atoms with E-state index in [4.69, 9.17) is 0 Å². The Morgan fingerprint density at radius 1 is 1.71 bits per heavy atom. The first-order valence-electron chi connectivity index (χ1n) is 1.69. The van der Waals surface area contributed by atoms with E-state index >= 15 is 0 Å². The highest BCUT2D eigenvalue weighted by Gasteiger charge is 1.64. The normalized spacial score (nSPS) is 8.14. The maximum absolute atomic E-state index is 4.52. The molecule has 0 unspecified atom stereocenters. The van der Waals surface area contributed by atoms with Crippen molar-refractivity contribution in [2.24, 2.45) is 4.53 Å². The molecule has 0 atom stereocenters. The largest absolute Gasteiger partial charge is 0.242 e. The zero-order valence-corrected chi connectivity index (χ0v) is 6.24. The average Bonchev–Trinajstić information content (AvgIpc) is 1.61. The van der Waals surface area contributed by atoms with Crippen LogP contribution >= 0.6 is 0 Å². The molecule has 0 aliphatic carbocycles. The molecule has 0 bridgehead atoms. The third-order valence-electron chi connectivity index (χ3n) is 0.243. The minimum absolute atomic E-state index is 0.552. The first-order valence-corrected chi connectivity index (χ1v) is 4.73. The highest BCUT2D eigenvalue weighted by Crippen LogP contribution is 1.69. The van der Waals surface area contributed by atoms with Crippen LogP contribution < -0.4 is 0 Å². The van der Waals surface area contributed by atoms with Gasteiger partial charge in [-0.25, -0.2) is 4.84 Å². The maximum atomic E-state index is 4.52. The highest BCUT2D eigenvalue weighted by molar-refractivity contribution is 8.41. The van der Waals surface area contributed by atoms with Gasteiger partial charge in [0.25, 0.3) is 0 Å². The molecule has 0 heterocycles. The number of hydrogen-bond acceptors (Lipinski definition) is 4. The van der Waals surface area contributed by atoms with Crippen LogP contribution in [0.15, 0.2) is 4.53 Å². The number of nitrogens with zero attached hydrogens (tertiary/aromatic N) is 1. The number of hydrogen-bond donors (Lipinski definition) is 0. The Morgan fingerprint density at radius 3 is 2.43 bits per heavy atom. The van der Waals surface area contributed by atoms with Crippen molar-refractivity contribution in [1.29, 1.82) is 0 Å². The van der Waals surface area contributed by atoms with Crippen LogP contribution in [0.2, 0.25) is 0 Å². The van der Waals surface area contributed by atoms with Gasteiger partial charge in [-0.05, 0) is 6.92 Å².